The van der Waals surface area contributed by atoms with Gasteiger partial charge in [0.2, 0.25) is 0 Å². The van der Waals surface area contributed by atoms with Crippen molar-refractivity contribution >= 4 is 23.1 Å². The van der Waals surface area contributed by atoms with Gasteiger partial charge < -0.3 is 5.32 Å². The molecule has 1 rings (SSSR count). The summed E-state index contributed by atoms with van der Waals surface area (Å²) >= 11 is 3.65. The van der Waals surface area contributed by atoms with Crippen LogP contribution in [0.3, 0.4) is 0 Å². The van der Waals surface area contributed by atoms with Crippen molar-refractivity contribution in [2.75, 3.05) is 12.3 Å². The van der Waals surface area contributed by atoms with E-state index in [1.165, 1.54) is 29.4 Å². The van der Waals surface area contributed by atoms with Gasteiger partial charge in [0.1, 0.15) is 4.34 Å². The van der Waals surface area contributed by atoms with E-state index in [4.69, 9.17) is 0 Å². The van der Waals surface area contributed by atoms with Gasteiger partial charge in [0.25, 0.3) is 0 Å². The van der Waals surface area contributed by atoms with Gasteiger partial charge in [0.05, 0.1) is 0 Å². The zero-order valence-corrected chi connectivity index (χ0v) is 12.1. The number of aryl methyl sites for hydroxylation is 1. The highest BCUT2D eigenvalue weighted by Gasteiger charge is 2.04. The SMILES string of the molecule is CCNC(CC)CCCSc1nc(C)cs1. The number of hydrogen-bond acceptors (Lipinski definition) is 4. The molecule has 0 bridgehead atoms. The summed E-state index contributed by atoms with van der Waals surface area (Å²) in [5, 5.41) is 5.63. The second-order valence-corrected chi connectivity index (χ2v) is 6.11. The standard InChI is InChI=1S/C12H22N2S2/c1-4-11(13-5-2)7-6-8-15-12-14-10(3)9-16-12/h9,11,13H,4-8H2,1-3H3. The van der Waals surface area contributed by atoms with Crippen LogP contribution in [-0.4, -0.2) is 23.3 Å². The Morgan fingerprint density at radius 2 is 2.31 bits per heavy atom. The average molecular weight is 258 g/mol. The highest BCUT2D eigenvalue weighted by Crippen LogP contribution is 2.23. The molecule has 0 radical (unpaired) electrons. The van der Waals surface area contributed by atoms with Crippen LogP contribution in [-0.2, 0) is 0 Å². The second-order valence-electron chi connectivity index (χ2n) is 3.91. The van der Waals surface area contributed by atoms with Gasteiger partial charge in [-0.15, -0.1) is 11.3 Å². The fraction of sp³-hybridized carbons (Fsp3) is 0.750. The third-order valence-electron chi connectivity index (χ3n) is 2.51. The lowest BCUT2D eigenvalue weighted by atomic mass is 10.1. The molecule has 0 aliphatic heterocycles. The molecular weight excluding hydrogens is 236 g/mol. The molecule has 1 aromatic heterocycles. The van der Waals surface area contributed by atoms with Gasteiger partial charge in [0, 0.05) is 22.9 Å². The van der Waals surface area contributed by atoms with Gasteiger partial charge in [-0.05, 0) is 32.7 Å². The molecule has 0 aliphatic carbocycles. The van der Waals surface area contributed by atoms with E-state index in [1.54, 1.807) is 11.3 Å². The van der Waals surface area contributed by atoms with Crippen molar-refractivity contribution in [3.05, 3.63) is 11.1 Å². The molecule has 0 amide bonds. The van der Waals surface area contributed by atoms with Crippen LogP contribution in [0.2, 0.25) is 0 Å². The van der Waals surface area contributed by atoms with Crippen molar-refractivity contribution in [3.8, 4) is 0 Å². The third-order valence-corrected chi connectivity index (χ3v) is 4.73. The Hall–Kier alpha value is -0.0600. The summed E-state index contributed by atoms with van der Waals surface area (Å²) < 4.78 is 1.22. The summed E-state index contributed by atoms with van der Waals surface area (Å²) in [6.45, 7) is 7.57. The molecule has 0 aromatic carbocycles. The normalized spacial score (nSPS) is 12.9. The first-order valence-corrected chi connectivity index (χ1v) is 7.91. The topological polar surface area (TPSA) is 24.9 Å². The predicted octanol–water partition coefficient (Wildman–Crippen LogP) is 3.71. The molecule has 1 heterocycles. The maximum atomic E-state index is 4.45. The molecule has 1 N–H and O–H groups in total. The minimum atomic E-state index is 0.698. The van der Waals surface area contributed by atoms with E-state index in [2.05, 4.69) is 36.5 Å². The fourth-order valence-electron chi connectivity index (χ4n) is 1.63. The van der Waals surface area contributed by atoms with Crippen molar-refractivity contribution in [2.24, 2.45) is 0 Å². The van der Waals surface area contributed by atoms with Crippen LogP contribution in [0.25, 0.3) is 0 Å². The van der Waals surface area contributed by atoms with Crippen LogP contribution in [0.5, 0.6) is 0 Å². The maximum absolute atomic E-state index is 4.45. The quantitative estimate of drug-likeness (QED) is 0.568. The summed E-state index contributed by atoms with van der Waals surface area (Å²) in [6.07, 6.45) is 3.78. The molecule has 0 aliphatic rings. The Morgan fingerprint density at radius 1 is 1.50 bits per heavy atom. The van der Waals surface area contributed by atoms with Crippen molar-refractivity contribution in [3.63, 3.8) is 0 Å². The monoisotopic (exact) mass is 258 g/mol. The molecule has 1 atom stereocenters. The molecule has 16 heavy (non-hydrogen) atoms. The molecule has 92 valence electrons. The van der Waals surface area contributed by atoms with Gasteiger partial charge in [-0.25, -0.2) is 4.98 Å². The van der Waals surface area contributed by atoms with Crippen LogP contribution in [0.1, 0.15) is 38.8 Å². The van der Waals surface area contributed by atoms with Crippen LogP contribution in [0.15, 0.2) is 9.72 Å². The van der Waals surface area contributed by atoms with E-state index in [9.17, 15) is 0 Å². The van der Waals surface area contributed by atoms with Crippen molar-refractivity contribution < 1.29 is 0 Å². The van der Waals surface area contributed by atoms with Crippen molar-refractivity contribution in [2.45, 2.75) is 50.4 Å². The number of hydrogen-bond donors (Lipinski definition) is 1. The van der Waals surface area contributed by atoms with Crippen LogP contribution < -0.4 is 5.32 Å². The molecule has 0 saturated carbocycles. The summed E-state index contributed by atoms with van der Waals surface area (Å²) in [5.74, 6) is 1.19. The molecular formula is C12H22N2S2. The molecule has 2 nitrogen and oxygen atoms in total. The van der Waals surface area contributed by atoms with Gasteiger partial charge in [0.15, 0.2) is 0 Å². The summed E-state index contributed by atoms with van der Waals surface area (Å²) in [4.78, 5) is 4.45. The zero-order valence-electron chi connectivity index (χ0n) is 10.5. The first kappa shape index (κ1) is 14.0. The lowest BCUT2D eigenvalue weighted by Gasteiger charge is -2.14. The molecule has 0 spiro atoms. The summed E-state index contributed by atoms with van der Waals surface area (Å²) in [7, 11) is 0. The fourth-order valence-corrected chi connectivity index (χ4v) is 3.51. The lowest BCUT2D eigenvalue weighted by Crippen LogP contribution is -2.28. The first-order chi connectivity index (χ1) is 7.76. The van der Waals surface area contributed by atoms with E-state index in [0.29, 0.717) is 6.04 Å². The van der Waals surface area contributed by atoms with Crippen LogP contribution in [0, 0.1) is 6.92 Å². The number of thiazole rings is 1. The van der Waals surface area contributed by atoms with Crippen molar-refractivity contribution in [1.82, 2.24) is 10.3 Å². The van der Waals surface area contributed by atoms with Gasteiger partial charge in [-0.1, -0.05) is 25.6 Å². The molecule has 1 unspecified atom stereocenters. The van der Waals surface area contributed by atoms with Gasteiger partial charge in [-0.2, -0.15) is 0 Å². The summed E-state index contributed by atoms with van der Waals surface area (Å²) in [6, 6.07) is 0.698. The average Bonchev–Trinajstić information content (AvgIpc) is 2.69. The van der Waals surface area contributed by atoms with Gasteiger partial charge in [-0.3, -0.25) is 0 Å². The molecule has 0 fully saturated rings. The number of nitrogens with one attached hydrogen (secondary N) is 1. The minimum absolute atomic E-state index is 0.698. The van der Waals surface area contributed by atoms with Crippen LogP contribution >= 0.6 is 23.1 Å². The molecule has 4 heteroatoms. The smallest absolute Gasteiger partial charge is 0.150 e. The van der Waals surface area contributed by atoms with E-state index in [0.717, 1.165) is 12.2 Å². The van der Waals surface area contributed by atoms with Gasteiger partial charge >= 0.3 is 0 Å². The predicted molar refractivity (Wildman–Crippen MR) is 74.6 cm³/mol. The Kier molecular flexibility index (Phi) is 7.08. The number of nitrogens with zero attached hydrogens (tertiary/aromatic N) is 1. The number of rotatable bonds is 8. The third kappa shape index (κ3) is 5.32. The Labute approximate surface area is 107 Å². The minimum Gasteiger partial charge on any atom is -0.314 e. The molecule has 1 aromatic rings. The highest BCUT2D eigenvalue weighted by molar-refractivity contribution is 8.00. The van der Waals surface area contributed by atoms with Crippen LogP contribution in [0.4, 0.5) is 0 Å². The zero-order chi connectivity index (χ0) is 11.8. The van der Waals surface area contributed by atoms with E-state index < -0.39 is 0 Å². The van der Waals surface area contributed by atoms with E-state index in [-0.39, 0.29) is 0 Å². The Bertz CT molecular complexity index is 286. The van der Waals surface area contributed by atoms with E-state index >= 15 is 0 Å². The maximum Gasteiger partial charge on any atom is 0.150 e. The molecule has 0 saturated heterocycles. The van der Waals surface area contributed by atoms with Crippen molar-refractivity contribution in [1.29, 1.82) is 0 Å². The largest absolute Gasteiger partial charge is 0.314 e. The van der Waals surface area contributed by atoms with E-state index in [1.807, 2.05) is 11.8 Å². The Balaban J connectivity index is 2.11. The summed E-state index contributed by atoms with van der Waals surface area (Å²) in [5.41, 5.74) is 1.14. The number of aromatic nitrogens is 1. The second kappa shape index (κ2) is 8.09. The lowest BCUT2D eigenvalue weighted by molar-refractivity contribution is 0.477. The number of thioether (sulfide) groups is 1. The first-order valence-electron chi connectivity index (χ1n) is 6.04. The highest BCUT2D eigenvalue weighted by atomic mass is 32.2. The Morgan fingerprint density at radius 3 is 2.88 bits per heavy atom.